The maximum atomic E-state index is 12.8. The highest BCUT2D eigenvalue weighted by Gasteiger charge is 2.25. The molecule has 1 atom stereocenters. The second kappa shape index (κ2) is 9.22. The van der Waals surface area contributed by atoms with Crippen LogP contribution in [0.25, 0.3) is 17.4 Å². The number of likely N-dealkylation sites (tertiary alicyclic amines) is 1. The van der Waals surface area contributed by atoms with Crippen molar-refractivity contribution in [2.45, 2.75) is 53.2 Å². The number of hydrogen-bond acceptors (Lipinski definition) is 7. The Morgan fingerprint density at radius 3 is 2.72 bits per heavy atom. The number of carbonyl (C=O) groups is 1. The quantitative estimate of drug-likeness (QED) is 0.604. The molecule has 0 aromatic carbocycles. The highest BCUT2D eigenvalue weighted by atomic mass is 16.5. The van der Waals surface area contributed by atoms with Crippen molar-refractivity contribution in [1.29, 1.82) is 0 Å². The number of furan rings is 1. The van der Waals surface area contributed by atoms with Crippen LogP contribution in [0, 0.1) is 20.8 Å². The van der Waals surface area contributed by atoms with Crippen molar-refractivity contribution < 1.29 is 13.9 Å². The highest BCUT2D eigenvalue weighted by molar-refractivity contribution is 5.91. The molecule has 3 aromatic rings. The highest BCUT2D eigenvalue weighted by Crippen LogP contribution is 2.23. The molecule has 4 rings (SSSR count). The van der Waals surface area contributed by atoms with E-state index in [1.165, 1.54) is 0 Å². The Bertz CT molecular complexity index is 1100. The number of hydrogen-bond donors (Lipinski definition) is 1. The van der Waals surface area contributed by atoms with E-state index < -0.39 is 0 Å². The van der Waals surface area contributed by atoms with Crippen LogP contribution in [-0.4, -0.2) is 62.4 Å². The Kier molecular flexibility index (Phi) is 6.38. The third-order valence-electron chi connectivity index (χ3n) is 5.23. The van der Waals surface area contributed by atoms with Gasteiger partial charge in [-0.15, -0.1) is 0 Å². The molecular weight excluding hydrogens is 408 g/mol. The van der Waals surface area contributed by atoms with Crippen molar-refractivity contribution in [3.63, 3.8) is 0 Å². The summed E-state index contributed by atoms with van der Waals surface area (Å²) in [6.07, 6.45) is 1.29. The Morgan fingerprint density at radius 1 is 1.25 bits per heavy atom. The lowest BCUT2D eigenvalue weighted by molar-refractivity contribution is -0.117. The molecule has 1 aliphatic rings. The normalized spacial score (nSPS) is 16.8. The zero-order valence-electron chi connectivity index (χ0n) is 19.3. The monoisotopic (exact) mass is 438 g/mol. The van der Waals surface area contributed by atoms with E-state index >= 15 is 0 Å². The summed E-state index contributed by atoms with van der Waals surface area (Å²) >= 11 is 0. The van der Waals surface area contributed by atoms with E-state index in [0.717, 1.165) is 36.7 Å². The molecular formula is C23H30N6O3. The van der Waals surface area contributed by atoms with Gasteiger partial charge in [-0.05, 0) is 59.2 Å². The van der Waals surface area contributed by atoms with E-state index in [4.69, 9.17) is 9.15 Å². The fraction of sp³-hybridized carbons (Fsp3) is 0.478. The van der Waals surface area contributed by atoms with Gasteiger partial charge in [-0.25, -0.2) is 14.6 Å². The molecule has 3 aromatic heterocycles. The zero-order chi connectivity index (χ0) is 22.8. The minimum atomic E-state index is -0.130. The summed E-state index contributed by atoms with van der Waals surface area (Å²) in [5.74, 6) is 2.54. The van der Waals surface area contributed by atoms with E-state index in [-0.39, 0.29) is 24.7 Å². The van der Waals surface area contributed by atoms with Crippen molar-refractivity contribution in [2.75, 3.05) is 25.0 Å². The van der Waals surface area contributed by atoms with Crippen molar-refractivity contribution in [3.05, 3.63) is 41.4 Å². The SMILES string of the molecule is Cc1cc(C)n(-c2cc(NC(=O)CN3CC[C@H](OC(C)C)C3)nc(-c3ccc(C)o3)n2)n1. The van der Waals surface area contributed by atoms with Crippen molar-refractivity contribution in [3.8, 4) is 17.4 Å². The third kappa shape index (κ3) is 5.23. The van der Waals surface area contributed by atoms with Crippen LogP contribution in [0.2, 0.25) is 0 Å². The van der Waals surface area contributed by atoms with Gasteiger partial charge in [0.25, 0.3) is 0 Å². The summed E-state index contributed by atoms with van der Waals surface area (Å²) in [5.41, 5.74) is 1.82. The van der Waals surface area contributed by atoms with Crippen molar-refractivity contribution in [2.24, 2.45) is 0 Å². The number of aryl methyl sites for hydroxylation is 3. The molecule has 0 bridgehead atoms. The smallest absolute Gasteiger partial charge is 0.239 e. The number of aromatic nitrogens is 4. The van der Waals surface area contributed by atoms with Gasteiger partial charge in [0.2, 0.25) is 5.91 Å². The summed E-state index contributed by atoms with van der Waals surface area (Å²) in [6.45, 7) is 11.7. The number of nitrogens with zero attached hydrogens (tertiary/aromatic N) is 5. The van der Waals surface area contributed by atoms with Crippen LogP contribution in [0.4, 0.5) is 5.82 Å². The van der Waals surface area contributed by atoms with Crippen LogP contribution in [0.5, 0.6) is 0 Å². The third-order valence-corrected chi connectivity index (χ3v) is 5.23. The van der Waals surface area contributed by atoms with Gasteiger partial charge in [0.1, 0.15) is 11.6 Å². The summed E-state index contributed by atoms with van der Waals surface area (Å²) in [7, 11) is 0. The molecule has 9 heteroatoms. The lowest BCUT2D eigenvalue weighted by atomic mass is 10.3. The first-order valence-corrected chi connectivity index (χ1v) is 10.9. The minimum absolute atomic E-state index is 0.130. The fourth-order valence-electron chi connectivity index (χ4n) is 3.95. The second-order valence-corrected chi connectivity index (χ2v) is 8.56. The Morgan fingerprint density at radius 2 is 2.06 bits per heavy atom. The molecule has 4 heterocycles. The molecule has 1 aliphatic heterocycles. The van der Waals surface area contributed by atoms with Gasteiger partial charge in [0.05, 0.1) is 24.4 Å². The number of nitrogens with one attached hydrogen (secondary N) is 1. The molecule has 1 amide bonds. The van der Waals surface area contributed by atoms with E-state index in [2.05, 4.69) is 25.3 Å². The van der Waals surface area contributed by atoms with E-state index in [1.54, 1.807) is 10.7 Å². The number of amides is 1. The largest absolute Gasteiger partial charge is 0.458 e. The summed E-state index contributed by atoms with van der Waals surface area (Å²) in [6, 6.07) is 7.38. The minimum Gasteiger partial charge on any atom is -0.458 e. The number of anilines is 1. The predicted molar refractivity (Wildman–Crippen MR) is 121 cm³/mol. The van der Waals surface area contributed by atoms with Gasteiger partial charge >= 0.3 is 0 Å². The molecule has 0 radical (unpaired) electrons. The Labute approximate surface area is 187 Å². The van der Waals surface area contributed by atoms with Crippen LogP contribution in [0.15, 0.2) is 28.7 Å². The van der Waals surface area contributed by atoms with Crippen LogP contribution >= 0.6 is 0 Å². The van der Waals surface area contributed by atoms with Gasteiger partial charge in [0.15, 0.2) is 17.4 Å². The number of rotatable bonds is 7. The molecule has 0 aliphatic carbocycles. The van der Waals surface area contributed by atoms with Gasteiger partial charge in [-0.3, -0.25) is 9.69 Å². The second-order valence-electron chi connectivity index (χ2n) is 8.56. The lowest BCUT2D eigenvalue weighted by Gasteiger charge is -2.17. The van der Waals surface area contributed by atoms with Gasteiger partial charge in [-0.2, -0.15) is 5.10 Å². The standard InChI is InChI=1S/C23H30N6O3/c1-14(2)31-18-8-9-28(12-18)13-22(30)24-20-11-21(29-16(4)10-15(3)27-29)26-23(25-20)19-7-6-17(5)32-19/h6-7,10-11,14,18H,8-9,12-13H2,1-5H3,(H,24,25,26,30)/t18-/m0/s1. The maximum absolute atomic E-state index is 12.8. The maximum Gasteiger partial charge on any atom is 0.239 e. The van der Waals surface area contributed by atoms with Crippen LogP contribution in [0.3, 0.4) is 0 Å². The molecule has 1 saturated heterocycles. The van der Waals surface area contributed by atoms with Crippen molar-refractivity contribution in [1.82, 2.24) is 24.6 Å². The molecule has 1 N–H and O–H groups in total. The number of carbonyl (C=O) groups excluding carboxylic acids is 1. The van der Waals surface area contributed by atoms with Gasteiger partial charge < -0.3 is 14.5 Å². The van der Waals surface area contributed by atoms with Gasteiger partial charge in [-0.1, -0.05) is 0 Å². The number of ether oxygens (including phenoxy) is 1. The summed E-state index contributed by atoms with van der Waals surface area (Å²) in [4.78, 5) is 24.0. The molecule has 9 nitrogen and oxygen atoms in total. The lowest BCUT2D eigenvalue weighted by Crippen LogP contribution is -2.33. The Hall–Kier alpha value is -3.04. The van der Waals surface area contributed by atoms with E-state index in [9.17, 15) is 4.79 Å². The summed E-state index contributed by atoms with van der Waals surface area (Å²) < 4.78 is 13.3. The van der Waals surface area contributed by atoms with Crippen LogP contribution < -0.4 is 5.32 Å². The predicted octanol–water partition coefficient (Wildman–Crippen LogP) is 3.29. The molecule has 0 spiro atoms. The first kappa shape index (κ1) is 22.2. The van der Waals surface area contributed by atoms with Crippen LogP contribution in [0.1, 0.15) is 37.4 Å². The Balaban J connectivity index is 1.54. The average molecular weight is 439 g/mol. The first-order valence-electron chi connectivity index (χ1n) is 10.9. The fourth-order valence-corrected chi connectivity index (χ4v) is 3.95. The molecule has 1 fully saturated rings. The molecule has 32 heavy (non-hydrogen) atoms. The van der Waals surface area contributed by atoms with Crippen molar-refractivity contribution >= 4 is 11.7 Å². The first-order chi connectivity index (χ1) is 15.3. The molecule has 0 saturated carbocycles. The van der Waals surface area contributed by atoms with E-state index in [0.29, 0.717) is 23.2 Å². The topological polar surface area (TPSA) is 98.3 Å². The molecule has 170 valence electrons. The van der Waals surface area contributed by atoms with Gasteiger partial charge in [0, 0.05) is 24.8 Å². The molecule has 0 unspecified atom stereocenters. The average Bonchev–Trinajstić information content (AvgIpc) is 3.41. The summed E-state index contributed by atoms with van der Waals surface area (Å²) in [5, 5.41) is 7.44. The van der Waals surface area contributed by atoms with Crippen LogP contribution in [-0.2, 0) is 9.53 Å². The van der Waals surface area contributed by atoms with E-state index in [1.807, 2.05) is 52.8 Å². The zero-order valence-corrected chi connectivity index (χ0v) is 19.3.